The van der Waals surface area contributed by atoms with E-state index in [1.54, 1.807) is 0 Å². The van der Waals surface area contributed by atoms with Crippen molar-refractivity contribution in [3.05, 3.63) is 40.8 Å². The van der Waals surface area contributed by atoms with Crippen LogP contribution in [-0.4, -0.2) is 4.37 Å². The summed E-state index contributed by atoms with van der Waals surface area (Å²) in [6.45, 7) is 2.80. The Morgan fingerprint density at radius 3 is 2.59 bits per heavy atom. The van der Waals surface area contributed by atoms with Gasteiger partial charge < -0.3 is 5.73 Å². The van der Waals surface area contributed by atoms with E-state index in [-0.39, 0.29) is 0 Å². The Bertz CT molecular complexity index is 459. The van der Waals surface area contributed by atoms with Crippen molar-refractivity contribution in [2.75, 3.05) is 0 Å². The topological polar surface area (TPSA) is 38.9 Å². The number of hydrogen-bond donors (Lipinski definition) is 1. The van der Waals surface area contributed by atoms with Crippen LogP contribution in [0.15, 0.2) is 30.3 Å². The number of nitrogens with zero attached hydrogens (tertiary/aromatic N) is 1. The molecule has 0 saturated carbocycles. The number of benzene rings is 1. The monoisotopic (exact) mass is 246 g/mol. The first-order valence-corrected chi connectivity index (χ1v) is 6.85. The molecule has 0 spiro atoms. The molecule has 0 unspecified atom stereocenters. The van der Waals surface area contributed by atoms with Crippen LogP contribution in [-0.2, 0) is 13.0 Å². The highest BCUT2D eigenvalue weighted by molar-refractivity contribution is 7.06. The molecule has 1 aromatic heterocycles. The van der Waals surface area contributed by atoms with E-state index in [0.717, 1.165) is 10.6 Å². The first-order valence-electron chi connectivity index (χ1n) is 6.08. The first-order chi connectivity index (χ1) is 8.33. The quantitative estimate of drug-likeness (QED) is 0.875. The van der Waals surface area contributed by atoms with Crippen LogP contribution in [0, 0.1) is 0 Å². The third-order valence-corrected chi connectivity index (χ3v) is 3.64. The lowest BCUT2D eigenvalue weighted by Crippen LogP contribution is -1.91. The van der Waals surface area contributed by atoms with Gasteiger partial charge >= 0.3 is 0 Å². The maximum absolute atomic E-state index is 5.59. The second-order valence-corrected chi connectivity index (χ2v) is 5.07. The Hall–Kier alpha value is -1.19. The average molecular weight is 246 g/mol. The second-order valence-electron chi connectivity index (χ2n) is 4.18. The maximum Gasteiger partial charge on any atom is 0.0844 e. The Kier molecular flexibility index (Phi) is 4.29. The minimum atomic E-state index is 0.576. The summed E-state index contributed by atoms with van der Waals surface area (Å²) in [5.41, 5.74) is 9.22. The van der Waals surface area contributed by atoms with Crippen LogP contribution < -0.4 is 5.73 Å². The molecule has 0 radical (unpaired) electrons. The number of rotatable bonds is 5. The van der Waals surface area contributed by atoms with Crippen molar-refractivity contribution in [1.82, 2.24) is 4.37 Å². The first kappa shape index (κ1) is 12.3. The van der Waals surface area contributed by atoms with Gasteiger partial charge in [-0.3, -0.25) is 0 Å². The summed E-state index contributed by atoms with van der Waals surface area (Å²) in [7, 11) is 0. The maximum atomic E-state index is 5.59. The summed E-state index contributed by atoms with van der Waals surface area (Å²) in [5.74, 6) is 0. The van der Waals surface area contributed by atoms with Gasteiger partial charge in [0.15, 0.2) is 0 Å². The van der Waals surface area contributed by atoms with Crippen molar-refractivity contribution in [3.8, 4) is 11.3 Å². The van der Waals surface area contributed by atoms with Crippen LogP contribution in [0.1, 0.15) is 30.2 Å². The van der Waals surface area contributed by atoms with Crippen molar-refractivity contribution in [3.63, 3.8) is 0 Å². The molecule has 2 aromatic rings. The van der Waals surface area contributed by atoms with Crippen molar-refractivity contribution in [1.29, 1.82) is 0 Å². The van der Waals surface area contributed by atoms with Crippen LogP contribution in [0.2, 0.25) is 0 Å². The molecule has 0 bridgehead atoms. The van der Waals surface area contributed by atoms with Crippen LogP contribution in [0.5, 0.6) is 0 Å². The lowest BCUT2D eigenvalue weighted by molar-refractivity contribution is 0.795. The summed E-state index contributed by atoms with van der Waals surface area (Å²) >= 11 is 1.49. The molecule has 0 aliphatic carbocycles. The predicted octanol–water partition coefficient (Wildman–Crippen LogP) is 3.61. The Morgan fingerprint density at radius 1 is 1.24 bits per heavy atom. The standard InChI is InChI=1S/C14H18N2S/c1-2-3-4-11-5-7-12(8-6-11)14-9-13(10-15)17-16-14/h5-9H,2-4,10,15H2,1H3. The van der Waals surface area contributed by atoms with Gasteiger partial charge in [0, 0.05) is 17.0 Å². The Balaban J connectivity index is 2.11. The molecule has 2 nitrogen and oxygen atoms in total. The summed E-state index contributed by atoms with van der Waals surface area (Å²) < 4.78 is 4.41. The molecule has 0 amide bonds. The van der Waals surface area contributed by atoms with E-state index >= 15 is 0 Å². The molecular weight excluding hydrogens is 228 g/mol. The fourth-order valence-electron chi connectivity index (χ4n) is 1.77. The van der Waals surface area contributed by atoms with Crippen molar-refractivity contribution in [2.45, 2.75) is 32.7 Å². The van der Waals surface area contributed by atoms with Crippen molar-refractivity contribution >= 4 is 11.5 Å². The van der Waals surface area contributed by atoms with Crippen LogP contribution >= 0.6 is 11.5 Å². The normalized spacial score (nSPS) is 10.7. The van der Waals surface area contributed by atoms with E-state index in [1.807, 2.05) is 0 Å². The lowest BCUT2D eigenvalue weighted by atomic mass is 10.0. The summed E-state index contributed by atoms with van der Waals surface area (Å²) in [6.07, 6.45) is 3.67. The smallest absolute Gasteiger partial charge is 0.0844 e. The van der Waals surface area contributed by atoms with Gasteiger partial charge in [0.05, 0.1) is 5.69 Å². The summed E-state index contributed by atoms with van der Waals surface area (Å²) in [6, 6.07) is 10.8. The summed E-state index contributed by atoms with van der Waals surface area (Å²) in [5, 5.41) is 0. The number of nitrogens with two attached hydrogens (primary N) is 1. The largest absolute Gasteiger partial charge is 0.326 e. The third-order valence-electron chi connectivity index (χ3n) is 2.83. The molecule has 2 N–H and O–H groups in total. The van der Waals surface area contributed by atoms with Gasteiger partial charge in [-0.2, -0.15) is 4.37 Å². The van der Waals surface area contributed by atoms with Crippen LogP contribution in [0.25, 0.3) is 11.3 Å². The molecule has 0 saturated heterocycles. The second kappa shape index (κ2) is 5.94. The minimum absolute atomic E-state index is 0.576. The zero-order chi connectivity index (χ0) is 12.1. The van der Waals surface area contributed by atoms with Gasteiger partial charge in [0.1, 0.15) is 0 Å². The van der Waals surface area contributed by atoms with Gasteiger partial charge in [-0.25, -0.2) is 0 Å². The van der Waals surface area contributed by atoms with E-state index in [2.05, 4.69) is 41.6 Å². The number of aromatic nitrogens is 1. The van der Waals surface area contributed by atoms with Crippen molar-refractivity contribution < 1.29 is 0 Å². The molecular formula is C14H18N2S. The van der Waals surface area contributed by atoms with Gasteiger partial charge in [-0.1, -0.05) is 37.6 Å². The van der Waals surface area contributed by atoms with Crippen molar-refractivity contribution in [2.24, 2.45) is 5.73 Å². The summed E-state index contributed by atoms with van der Waals surface area (Å²) in [4.78, 5) is 1.13. The number of unbranched alkanes of at least 4 members (excludes halogenated alkanes) is 1. The zero-order valence-corrected chi connectivity index (χ0v) is 11.0. The number of aryl methyl sites for hydroxylation is 1. The highest BCUT2D eigenvalue weighted by Gasteiger charge is 2.03. The number of hydrogen-bond acceptors (Lipinski definition) is 3. The fourth-order valence-corrected chi connectivity index (χ4v) is 2.38. The van der Waals surface area contributed by atoms with Crippen LogP contribution in [0.4, 0.5) is 0 Å². The molecule has 2 rings (SSSR count). The molecule has 1 heterocycles. The van der Waals surface area contributed by atoms with E-state index < -0.39 is 0 Å². The molecule has 1 aromatic carbocycles. The van der Waals surface area contributed by atoms with E-state index in [4.69, 9.17) is 5.73 Å². The van der Waals surface area contributed by atoms with Gasteiger partial charge in [-0.15, -0.1) is 0 Å². The van der Waals surface area contributed by atoms with Gasteiger partial charge in [0.2, 0.25) is 0 Å². The minimum Gasteiger partial charge on any atom is -0.326 e. The molecule has 0 aliphatic rings. The molecule has 0 fully saturated rings. The highest BCUT2D eigenvalue weighted by Crippen LogP contribution is 2.22. The Morgan fingerprint density at radius 2 is 2.00 bits per heavy atom. The molecule has 90 valence electrons. The third kappa shape index (κ3) is 3.14. The average Bonchev–Trinajstić information content (AvgIpc) is 2.86. The van der Waals surface area contributed by atoms with E-state index in [9.17, 15) is 0 Å². The zero-order valence-electron chi connectivity index (χ0n) is 10.1. The van der Waals surface area contributed by atoms with Gasteiger partial charge in [0.25, 0.3) is 0 Å². The predicted molar refractivity (Wildman–Crippen MR) is 74.1 cm³/mol. The fraction of sp³-hybridized carbons (Fsp3) is 0.357. The van der Waals surface area contributed by atoms with Gasteiger partial charge in [-0.05, 0) is 36.0 Å². The SMILES string of the molecule is CCCCc1ccc(-c2cc(CN)sn2)cc1. The molecule has 0 aliphatic heterocycles. The molecule has 3 heteroatoms. The Labute approximate surface area is 107 Å². The van der Waals surface area contributed by atoms with Crippen LogP contribution in [0.3, 0.4) is 0 Å². The highest BCUT2D eigenvalue weighted by atomic mass is 32.1. The molecule has 0 atom stereocenters. The molecule has 17 heavy (non-hydrogen) atoms. The lowest BCUT2D eigenvalue weighted by Gasteiger charge is -2.01. The van der Waals surface area contributed by atoms with E-state index in [1.165, 1.54) is 41.9 Å². The van der Waals surface area contributed by atoms with E-state index in [0.29, 0.717) is 6.54 Å².